The van der Waals surface area contributed by atoms with Crippen LogP contribution in [0.2, 0.25) is 0 Å². The number of rotatable bonds is 7. The van der Waals surface area contributed by atoms with Gasteiger partial charge in [0.25, 0.3) is 0 Å². The normalized spacial score (nSPS) is 20.0. The smallest absolute Gasteiger partial charge is 0.306 e. The average Bonchev–Trinajstić information content (AvgIpc) is 2.54. The summed E-state index contributed by atoms with van der Waals surface area (Å²) in [5.41, 5.74) is 1.04. The van der Waals surface area contributed by atoms with Gasteiger partial charge in [-0.25, -0.2) is 0 Å². The lowest BCUT2D eigenvalue weighted by molar-refractivity contribution is -0.139. The van der Waals surface area contributed by atoms with Gasteiger partial charge in [-0.05, 0) is 52.5 Å². The third-order valence-corrected chi connectivity index (χ3v) is 5.01. The molecule has 2 atom stereocenters. The molecule has 2 rings (SSSR count). The van der Waals surface area contributed by atoms with Crippen molar-refractivity contribution in [2.45, 2.75) is 50.5 Å². The van der Waals surface area contributed by atoms with Crippen LogP contribution in [0.15, 0.2) is 30.3 Å². The third-order valence-electron chi connectivity index (χ3n) is 5.01. The van der Waals surface area contributed by atoms with Gasteiger partial charge in [0.1, 0.15) is 0 Å². The number of likely N-dealkylation sites (tertiary alicyclic amines) is 1. The lowest BCUT2D eigenvalue weighted by atomic mass is 10.0. The van der Waals surface area contributed by atoms with Crippen molar-refractivity contribution in [2.24, 2.45) is 0 Å². The molecular formula is C19H30F3N3. The van der Waals surface area contributed by atoms with Crippen LogP contribution in [0.4, 0.5) is 13.2 Å². The molecule has 0 spiro atoms. The van der Waals surface area contributed by atoms with Gasteiger partial charge in [0.2, 0.25) is 0 Å². The molecule has 0 amide bonds. The Balaban J connectivity index is 2.01. The van der Waals surface area contributed by atoms with Crippen molar-refractivity contribution in [3.63, 3.8) is 0 Å². The summed E-state index contributed by atoms with van der Waals surface area (Å²) in [6.45, 7) is 4.46. The van der Waals surface area contributed by atoms with Crippen LogP contribution < -0.4 is 5.32 Å². The Hall–Kier alpha value is -1.11. The second kappa shape index (κ2) is 9.01. The summed E-state index contributed by atoms with van der Waals surface area (Å²) < 4.78 is 38.1. The van der Waals surface area contributed by atoms with Crippen molar-refractivity contribution < 1.29 is 13.2 Å². The molecular weight excluding hydrogens is 327 g/mol. The van der Waals surface area contributed by atoms with Gasteiger partial charge >= 0.3 is 6.18 Å². The van der Waals surface area contributed by atoms with Crippen molar-refractivity contribution in [2.75, 3.05) is 33.7 Å². The van der Waals surface area contributed by atoms with Gasteiger partial charge in [-0.1, -0.05) is 30.3 Å². The quantitative estimate of drug-likeness (QED) is 0.803. The molecule has 1 fully saturated rings. The minimum atomic E-state index is -4.15. The Bertz CT molecular complexity index is 498. The maximum Gasteiger partial charge on any atom is 0.390 e. The van der Waals surface area contributed by atoms with E-state index in [9.17, 15) is 13.2 Å². The number of alkyl halides is 3. The zero-order valence-corrected chi connectivity index (χ0v) is 15.4. The Morgan fingerprint density at radius 2 is 1.80 bits per heavy atom. The van der Waals surface area contributed by atoms with E-state index >= 15 is 0 Å². The minimum Gasteiger partial charge on any atom is -0.306 e. The first-order valence-corrected chi connectivity index (χ1v) is 9.01. The van der Waals surface area contributed by atoms with Gasteiger partial charge in [0, 0.05) is 24.7 Å². The molecule has 0 aliphatic carbocycles. The topological polar surface area (TPSA) is 18.5 Å². The third kappa shape index (κ3) is 6.96. The fraction of sp³-hybridized carbons (Fsp3) is 0.684. The summed E-state index contributed by atoms with van der Waals surface area (Å²) in [4.78, 5) is 4.63. The molecule has 25 heavy (non-hydrogen) atoms. The molecule has 1 aromatic rings. The van der Waals surface area contributed by atoms with Crippen LogP contribution in [-0.2, 0) is 0 Å². The number of likely N-dealkylation sites (N-methyl/N-ethyl adjacent to an activating group) is 1. The van der Waals surface area contributed by atoms with E-state index in [-0.39, 0.29) is 6.04 Å². The molecule has 1 aliphatic rings. The van der Waals surface area contributed by atoms with Crippen LogP contribution in [0.3, 0.4) is 0 Å². The van der Waals surface area contributed by atoms with Crippen molar-refractivity contribution in [1.82, 2.24) is 15.1 Å². The number of piperidine rings is 1. The lowest BCUT2D eigenvalue weighted by Gasteiger charge is -2.37. The highest BCUT2D eigenvalue weighted by atomic mass is 19.4. The molecule has 142 valence electrons. The van der Waals surface area contributed by atoms with E-state index < -0.39 is 18.6 Å². The first-order valence-electron chi connectivity index (χ1n) is 9.01. The minimum absolute atomic E-state index is 0.108. The van der Waals surface area contributed by atoms with Gasteiger partial charge in [0.05, 0.1) is 6.42 Å². The molecule has 0 bridgehead atoms. The highest BCUT2D eigenvalue weighted by molar-refractivity contribution is 5.19. The van der Waals surface area contributed by atoms with Crippen LogP contribution in [0.1, 0.15) is 37.8 Å². The fourth-order valence-electron chi connectivity index (χ4n) is 3.56. The maximum atomic E-state index is 12.7. The van der Waals surface area contributed by atoms with Gasteiger partial charge < -0.3 is 15.1 Å². The highest BCUT2D eigenvalue weighted by Gasteiger charge is 2.31. The first-order chi connectivity index (χ1) is 11.7. The second-order valence-corrected chi connectivity index (χ2v) is 7.32. The van der Waals surface area contributed by atoms with Crippen molar-refractivity contribution in [3.05, 3.63) is 35.9 Å². The molecule has 1 heterocycles. The predicted molar refractivity (Wildman–Crippen MR) is 95.6 cm³/mol. The standard InChI is InChI=1S/C19H30F3N3/c1-15(13-19(20,21)22)23-18(16-7-5-4-6-8-16)14-25(3)17-9-11-24(2)12-10-17/h4-8,15,17-18,23H,9-14H2,1-3H3/t15-,18-/m0/s1. The van der Waals surface area contributed by atoms with Crippen molar-refractivity contribution in [3.8, 4) is 0 Å². The van der Waals surface area contributed by atoms with Gasteiger partial charge in [-0.2, -0.15) is 13.2 Å². The highest BCUT2D eigenvalue weighted by Crippen LogP contribution is 2.24. The van der Waals surface area contributed by atoms with Crippen molar-refractivity contribution >= 4 is 0 Å². The second-order valence-electron chi connectivity index (χ2n) is 7.32. The average molecular weight is 357 g/mol. The van der Waals surface area contributed by atoms with E-state index in [0.29, 0.717) is 12.6 Å². The Morgan fingerprint density at radius 3 is 2.36 bits per heavy atom. The summed E-state index contributed by atoms with van der Waals surface area (Å²) in [6.07, 6.45) is -2.75. The number of nitrogens with one attached hydrogen (secondary N) is 1. The van der Waals surface area contributed by atoms with E-state index in [2.05, 4.69) is 29.2 Å². The summed E-state index contributed by atoms with van der Waals surface area (Å²) in [5, 5.41) is 3.20. The number of benzene rings is 1. The molecule has 1 N–H and O–H groups in total. The van der Waals surface area contributed by atoms with E-state index in [1.807, 2.05) is 30.3 Å². The Labute approximate surface area is 149 Å². The molecule has 0 unspecified atom stereocenters. The van der Waals surface area contributed by atoms with Gasteiger partial charge in [-0.15, -0.1) is 0 Å². The molecule has 3 nitrogen and oxygen atoms in total. The van der Waals surface area contributed by atoms with Crippen LogP contribution in [-0.4, -0.2) is 61.8 Å². The molecule has 6 heteroatoms. The van der Waals surface area contributed by atoms with E-state index in [1.54, 1.807) is 6.92 Å². The molecule has 1 saturated heterocycles. The lowest BCUT2D eigenvalue weighted by Crippen LogP contribution is -2.46. The van der Waals surface area contributed by atoms with Gasteiger partial charge in [0.15, 0.2) is 0 Å². The van der Waals surface area contributed by atoms with Gasteiger partial charge in [-0.3, -0.25) is 0 Å². The number of hydrogen-bond acceptors (Lipinski definition) is 3. The fourth-order valence-corrected chi connectivity index (χ4v) is 3.56. The number of halogens is 3. The number of hydrogen-bond donors (Lipinski definition) is 1. The molecule has 0 aromatic heterocycles. The molecule has 1 aliphatic heterocycles. The monoisotopic (exact) mass is 357 g/mol. The zero-order valence-electron chi connectivity index (χ0n) is 15.4. The summed E-state index contributed by atoms with van der Waals surface area (Å²) >= 11 is 0. The SMILES string of the molecule is C[C@@H](CC(F)(F)F)N[C@@H](CN(C)C1CCN(C)CC1)c1ccccc1. The zero-order chi connectivity index (χ0) is 18.4. The molecule has 1 aromatic carbocycles. The Morgan fingerprint density at radius 1 is 1.20 bits per heavy atom. The summed E-state index contributed by atoms with van der Waals surface area (Å²) in [6, 6.07) is 9.55. The van der Waals surface area contributed by atoms with E-state index in [1.165, 1.54) is 0 Å². The Kier molecular flexibility index (Phi) is 7.28. The molecule has 0 saturated carbocycles. The molecule has 0 radical (unpaired) electrons. The van der Waals surface area contributed by atoms with Crippen molar-refractivity contribution in [1.29, 1.82) is 0 Å². The van der Waals surface area contributed by atoms with Crippen LogP contribution >= 0.6 is 0 Å². The maximum absolute atomic E-state index is 12.7. The van der Waals surface area contributed by atoms with E-state index in [4.69, 9.17) is 0 Å². The first kappa shape index (κ1) is 20.2. The number of nitrogens with zero attached hydrogens (tertiary/aromatic N) is 2. The van der Waals surface area contributed by atoms with Crippen LogP contribution in [0.5, 0.6) is 0 Å². The van der Waals surface area contributed by atoms with Crippen LogP contribution in [0.25, 0.3) is 0 Å². The largest absolute Gasteiger partial charge is 0.390 e. The summed E-state index contributed by atoms with van der Waals surface area (Å²) in [5.74, 6) is 0. The van der Waals surface area contributed by atoms with Crippen LogP contribution in [0, 0.1) is 0 Å². The summed E-state index contributed by atoms with van der Waals surface area (Å²) in [7, 11) is 4.21. The van der Waals surface area contributed by atoms with E-state index in [0.717, 1.165) is 31.5 Å². The predicted octanol–water partition coefficient (Wildman–Crippen LogP) is 3.68.